The van der Waals surface area contributed by atoms with Crippen molar-refractivity contribution in [2.45, 2.75) is 52.1 Å². The number of hydrogen-bond acceptors (Lipinski definition) is 2. The molecule has 3 rings (SSSR count). The summed E-state index contributed by atoms with van der Waals surface area (Å²) in [6.45, 7) is 9.74. The van der Waals surface area contributed by atoms with E-state index in [1.54, 1.807) is 13.8 Å². The molecule has 2 nitrogen and oxygen atoms in total. The van der Waals surface area contributed by atoms with Crippen LogP contribution < -0.4 is 51.4 Å². The van der Waals surface area contributed by atoms with Crippen molar-refractivity contribution in [3.63, 3.8) is 0 Å². The van der Waals surface area contributed by atoms with Gasteiger partial charge in [-0.05, 0) is 65.1 Å². The molecule has 3 heteroatoms. The fourth-order valence-electron chi connectivity index (χ4n) is 1.86. The second kappa shape index (κ2) is 7.80. The molecule has 0 aliphatic carbocycles. The van der Waals surface area contributed by atoms with Crippen LogP contribution in [0.15, 0.2) is 0 Å². The third kappa shape index (κ3) is 7.48. The first-order chi connectivity index (χ1) is 6.51. The van der Waals surface area contributed by atoms with E-state index in [1.807, 2.05) is 6.92 Å². The van der Waals surface area contributed by atoms with E-state index in [-0.39, 0.29) is 52.8 Å². The Bertz CT molecular complexity index is 142. The average Bonchev–Trinajstić information content (AvgIpc) is 2.21. The zero-order chi connectivity index (χ0) is 10.6. The number of aliphatic hydroxyl groups is 1. The summed E-state index contributed by atoms with van der Waals surface area (Å²) >= 11 is 0. The molecule has 3 fully saturated rings. The molecule has 0 aromatic rings. The molecule has 0 radical (unpaired) electrons. The molecular formula is C12H26KNO. The first kappa shape index (κ1) is 16.6. The Morgan fingerprint density at radius 1 is 1.20 bits per heavy atom. The van der Waals surface area contributed by atoms with Crippen molar-refractivity contribution in [1.82, 2.24) is 4.90 Å². The maximum atomic E-state index is 8.83. The van der Waals surface area contributed by atoms with Gasteiger partial charge in [0.1, 0.15) is 0 Å². The summed E-state index contributed by atoms with van der Waals surface area (Å²) in [6, 6.07) is 0. The molecule has 0 atom stereocenters. The fraction of sp³-hybridized carbons (Fsp3) is 1.00. The van der Waals surface area contributed by atoms with E-state index in [1.165, 1.54) is 38.9 Å². The zero-order valence-electron chi connectivity index (χ0n) is 11.9. The number of piperidine rings is 3. The molecule has 0 saturated carbocycles. The Hall–Kier alpha value is 1.56. The minimum absolute atomic E-state index is 0. The quantitative estimate of drug-likeness (QED) is 0.617. The van der Waals surface area contributed by atoms with Gasteiger partial charge in [-0.25, -0.2) is 0 Å². The second-order valence-electron chi connectivity index (χ2n) is 5.24. The third-order valence-corrected chi connectivity index (χ3v) is 3.43. The van der Waals surface area contributed by atoms with E-state index in [9.17, 15) is 0 Å². The molecule has 86 valence electrons. The SMILES string of the molecule is C1CN2CCC1CC2.CCC(C)(C)O.[H-].[K+]. The van der Waals surface area contributed by atoms with Crippen molar-refractivity contribution in [1.29, 1.82) is 0 Å². The summed E-state index contributed by atoms with van der Waals surface area (Å²) < 4.78 is 0. The maximum absolute atomic E-state index is 8.83. The smallest absolute Gasteiger partial charge is 1.00 e. The van der Waals surface area contributed by atoms with Gasteiger partial charge in [-0.2, -0.15) is 0 Å². The van der Waals surface area contributed by atoms with Gasteiger partial charge in [-0.3, -0.25) is 0 Å². The van der Waals surface area contributed by atoms with Gasteiger partial charge >= 0.3 is 51.4 Å². The first-order valence-corrected chi connectivity index (χ1v) is 5.96. The predicted molar refractivity (Wildman–Crippen MR) is 61.5 cm³/mol. The summed E-state index contributed by atoms with van der Waals surface area (Å²) in [5.74, 6) is 1.11. The standard InChI is InChI=1S/C7H13N.C5H12O.K.H/c1-4-8-5-2-7(1)3-6-8;1-4-5(2,3)6;;/h7H,1-6H2;6H,4H2,1-3H3;;/q;;+1;-1. The first-order valence-electron chi connectivity index (χ1n) is 5.96. The van der Waals surface area contributed by atoms with Crippen LogP contribution in [0.3, 0.4) is 0 Å². The Morgan fingerprint density at radius 2 is 1.53 bits per heavy atom. The van der Waals surface area contributed by atoms with E-state index in [0.717, 1.165) is 12.3 Å². The Kier molecular flexibility index (Phi) is 8.61. The minimum Gasteiger partial charge on any atom is -1.00 e. The largest absolute Gasteiger partial charge is 1.00 e. The Balaban J connectivity index is 0. The van der Waals surface area contributed by atoms with Crippen LogP contribution in [0.4, 0.5) is 0 Å². The number of nitrogens with zero attached hydrogens (tertiary/aromatic N) is 1. The molecule has 0 amide bonds. The molecule has 0 spiro atoms. The van der Waals surface area contributed by atoms with Crippen LogP contribution in [-0.2, 0) is 0 Å². The van der Waals surface area contributed by atoms with Crippen LogP contribution in [0.2, 0.25) is 0 Å². The van der Waals surface area contributed by atoms with Crippen molar-refractivity contribution in [2.24, 2.45) is 5.92 Å². The summed E-state index contributed by atoms with van der Waals surface area (Å²) in [5.41, 5.74) is -0.458. The fourth-order valence-corrected chi connectivity index (χ4v) is 1.86. The van der Waals surface area contributed by atoms with E-state index < -0.39 is 5.60 Å². The molecule has 3 heterocycles. The molecule has 3 aliphatic rings. The summed E-state index contributed by atoms with van der Waals surface area (Å²) in [6.07, 6.45) is 5.28. The minimum atomic E-state index is -0.458. The summed E-state index contributed by atoms with van der Waals surface area (Å²) in [4.78, 5) is 2.58. The maximum Gasteiger partial charge on any atom is 1.00 e. The Labute approximate surface area is 139 Å². The topological polar surface area (TPSA) is 23.5 Å². The monoisotopic (exact) mass is 239 g/mol. The van der Waals surface area contributed by atoms with Crippen LogP contribution >= 0.6 is 0 Å². The number of hydrogen-bond donors (Lipinski definition) is 1. The van der Waals surface area contributed by atoms with E-state index >= 15 is 0 Å². The van der Waals surface area contributed by atoms with E-state index in [0.29, 0.717) is 0 Å². The molecule has 0 unspecified atom stereocenters. The zero-order valence-corrected chi connectivity index (χ0v) is 14.0. The summed E-state index contributed by atoms with van der Waals surface area (Å²) in [7, 11) is 0. The molecule has 15 heavy (non-hydrogen) atoms. The van der Waals surface area contributed by atoms with E-state index in [4.69, 9.17) is 5.11 Å². The van der Waals surface area contributed by atoms with Gasteiger partial charge in [-0.15, -0.1) is 0 Å². The van der Waals surface area contributed by atoms with Crippen LogP contribution in [0.5, 0.6) is 0 Å². The molecule has 0 aromatic carbocycles. The van der Waals surface area contributed by atoms with Crippen molar-refractivity contribution < 1.29 is 57.9 Å². The van der Waals surface area contributed by atoms with Crippen molar-refractivity contribution in [2.75, 3.05) is 19.6 Å². The van der Waals surface area contributed by atoms with Gasteiger partial charge in [0.05, 0.1) is 5.60 Å². The van der Waals surface area contributed by atoms with Gasteiger partial charge in [0.15, 0.2) is 0 Å². The van der Waals surface area contributed by atoms with Gasteiger partial charge in [-0.1, -0.05) is 6.92 Å². The van der Waals surface area contributed by atoms with Gasteiger partial charge < -0.3 is 11.4 Å². The van der Waals surface area contributed by atoms with E-state index in [2.05, 4.69) is 4.90 Å². The van der Waals surface area contributed by atoms with Gasteiger partial charge in [0.25, 0.3) is 0 Å². The van der Waals surface area contributed by atoms with Crippen molar-refractivity contribution in [3.8, 4) is 0 Å². The van der Waals surface area contributed by atoms with Crippen molar-refractivity contribution in [3.05, 3.63) is 0 Å². The number of rotatable bonds is 1. The normalized spacial score (nSPS) is 28.8. The average molecular weight is 239 g/mol. The molecular weight excluding hydrogens is 213 g/mol. The number of fused-ring (bicyclic) bond motifs is 3. The van der Waals surface area contributed by atoms with Crippen LogP contribution in [0, 0.1) is 5.92 Å². The molecule has 2 bridgehead atoms. The van der Waals surface area contributed by atoms with Crippen LogP contribution in [0.25, 0.3) is 0 Å². The molecule has 3 saturated heterocycles. The van der Waals surface area contributed by atoms with Crippen molar-refractivity contribution >= 4 is 0 Å². The third-order valence-electron chi connectivity index (χ3n) is 3.43. The second-order valence-corrected chi connectivity index (χ2v) is 5.24. The van der Waals surface area contributed by atoms with Crippen LogP contribution in [-0.4, -0.2) is 35.2 Å². The summed E-state index contributed by atoms with van der Waals surface area (Å²) in [5, 5.41) is 8.83. The predicted octanol–water partition coefficient (Wildman–Crippen LogP) is -0.614. The molecule has 1 N–H and O–H groups in total. The Morgan fingerprint density at radius 3 is 1.60 bits per heavy atom. The molecule has 3 aliphatic heterocycles. The van der Waals surface area contributed by atoms with Crippen LogP contribution in [0.1, 0.15) is 47.9 Å². The van der Waals surface area contributed by atoms with Gasteiger partial charge in [0.2, 0.25) is 0 Å². The van der Waals surface area contributed by atoms with Gasteiger partial charge in [0, 0.05) is 0 Å². The molecule has 0 aromatic heterocycles.